The highest BCUT2D eigenvalue weighted by molar-refractivity contribution is 6.03. The number of carbonyl (C=O) groups excluding carboxylic acids is 2. The van der Waals surface area contributed by atoms with Crippen LogP contribution >= 0.6 is 0 Å². The van der Waals surface area contributed by atoms with Crippen molar-refractivity contribution in [2.45, 2.75) is 20.4 Å². The Morgan fingerprint density at radius 3 is 2.19 bits per heavy atom. The zero-order chi connectivity index (χ0) is 19.2. The number of nitrogens with one attached hydrogen (secondary N) is 2. The van der Waals surface area contributed by atoms with Crippen LogP contribution in [0.2, 0.25) is 0 Å². The molecule has 0 unspecified atom stereocenters. The number of hydrogen-bond acceptors (Lipinski definition) is 3. The molecule has 0 atom stereocenters. The molecule has 0 aliphatic heterocycles. The Morgan fingerprint density at radius 1 is 0.815 bits per heavy atom. The molecule has 1 heterocycles. The predicted molar refractivity (Wildman–Crippen MR) is 106 cm³/mol. The summed E-state index contributed by atoms with van der Waals surface area (Å²) in [6.07, 6.45) is 0. The van der Waals surface area contributed by atoms with Gasteiger partial charge in [0.2, 0.25) is 0 Å². The number of pyridine rings is 1. The Labute approximate surface area is 158 Å². The van der Waals surface area contributed by atoms with E-state index in [9.17, 15) is 9.59 Å². The minimum absolute atomic E-state index is 0.194. The standard InChI is InChI=1S/C22H21N3O2/c1-15-9-11-17(12-10-15)14-23-21(26)19-7-4-8-20(25-19)22(27)24-18-6-3-5-16(2)13-18/h3-13H,14H2,1-2H3,(H,23,26)(H,24,27). The highest BCUT2D eigenvalue weighted by Crippen LogP contribution is 2.11. The van der Waals surface area contributed by atoms with Gasteiger partial charge in [0.05, 0.1) is 0 Å². The molecule has 1 aromatic heterocycles. The minimum Gasteiger partial charge on any atom is -0.347 e. The quantitative estimate of drug-likeness (QED) is 0.726. The summed E-state index contributed by atoms with van der Waals surface area (Å²) in [4.78, 5) is 29.0. The number of anilines is 1. The van der Waals surface area contributed by atoms with Gasteiger partial charge in [-0.1, -0.05) is 48.0 Å². The summed E-state index contributed by atoms with van der Waals surface area (Å²) >= 11 is 0. The number of aromatic nitrogens is 1. The van der Waals surface area contributed by atoms with Crippen LogP contribution in [0.1, 0.15) is 37.7 Å². The van der Waals surface area contributed by atoms with Gasteiger partial charge in [-0.15, -0.1) is 0 Å². The Bertz CT molecular complexity index is 965. The zero-order valence-electron chi connectivity index (χ0n) is 15.3. The van der Waals surface area contributed by atoms with Crippen molar-refractivity contribution < 1.29 is 9.59 Å². The lowest BCUT2D eigenvalue weighted by molar-refractivity contribution is 0.0945. The highest BCUT2D eigenvalue weighted by Gasteiger charge is 2.12. The third-order valence-corrected chi connectivity index (χ3v) is 4.06. The molecule has 2 aromatic carbocycles. The minimum atomic E-state index is -0.353. The Morgan fingerprint density at radius 2 is 1.48 bits per heavy atom. The van der Waals surface area contributed by atoms with Crippen molar-refractivity contribution >= 4 is 17.5 Å². The molecule has 0 saturated heterocycles. The molecule has 0 spiro atoms. The number of aryl methyl sites for hydroxylation is 2. The van der Waals surface area contributed by atoms with Gasteiger partial charge in [0.15, 0.2) is 0 Å². The summed E-state index contributed by atoms with van der Waals surface area (Å²) in [5.74, 6) is -0.672. The first-order valence-corrected chi connectivity index (χ1v) is 8.70. The van der Waals surface area contributed by atoms with Crippen LogP contribution in [0, 0.1) is 13.8 Å². The Balaban J connectivity index is 1.66. The van der Waals surface area contributed by atoms with Crippen LogP contribution in [-0.4, -0.2) is 16.8 Å². The summed E-state index contributed by atoms with van der Waals surface area (Å²) < 4.78 is 0. The lowest BCUT2D eigenvalue weighted by Crippen LogP contribution is -2.25. The van der Waals surface area contributed by atoms with E-state index in [0.717, 1.165) is 11.1 Å². The molecule has 0 fully saturated rings. The van der Waals surface area contributed by atoms with E-state index < -0.39 is 0 Å². The fourth-order valence-electron chi connectivity index (χ4n) is 2.58. The number of carbonyl (C=O) groups is 2. The fourth-order valence-corrected chi connectivity index (χ4v) is 2.58. The van der Waals surface area contributed by atoms with E-state index in [-0.39, 0.29) is 23.2 Å². The third kappa shape index (κ3) is 5.01. The van der Waals surface area contributed by atoms with Crippen LogP contribution in [0.3, 0.4) is 0 Å². The normalized spacial score (nSPS) is 10.3. The van der Waals surface area contributed by atoms with Crippen LogP contribution in [0.15, 0.2) is 66.7 Å². The third-order valence-electron chi connectivity index (χ3n) is 4.06. The van der Waals surface area contributed by atoms with E-state index in [0.29, 0.717) is 12.2 Å². The molecule has 0 saturated carbocycles. The Hall–Kier alpha value is -3.47. The predicted octanol–water partition coefficient (Wildman–Crippen LogP) is 3.88. The maximum Gasteiger partial charge on any atom is 0.274 e. The molecule has 2 amide bonds. The van der Waals surface area contributed by atoms with Crippen LogP contribution < -0.4 is 10.6 Å². The molecule has 3 aromatic rings. The van der Waals surface area contributed by atoms with Crippen molar-refractivity contribution in [3.8, 4) is 0 Å². The first-order valence-electron chi connectivity index (χ1n) is 8.70. The summed E-state index contributed by atoms with van der Waals surface area (Å²) in [6.45, 7) is 4.37. The number of hydrogen-bond donors (Lipinski definition) is 2. The second kappa shape index (κ2) is 8.27. The van der Waals surface area contributed by atoms with Gasteiger partial charge in [0.25, 0.3) is 11.8 Å². The summed E-state index contributed by atoms with van der Waals surface area (Å²) in [5.41, 5.74) is 4.31. The average Bonchev–Trinajstić information content (AvgIpc) is 2.67. The van der Waals surface area contributed by atoms with Gasteiger partial charge in [-0.2, -0.15) is 0 Å². The second-order valence-electron chi connectivity index (χ2n) is 6.40. The molecule has 0 radical (unpaired) electrons. The molecule has 136 valence electrons. The maximum atomic E-state index is 12.4. The molecule has 0 aliphatic carbocycles. The summed E-state index contributed by atoms with van der Waals surface area (Å²) in [5, 5.41) is 5.62. The van der Waals surface area contributed by atoms with Crippen molar-refractivity contribution in [3.63, 3.8) is 0 Å². The second-order valence-corrected chi connectivity index (χ2v) is 6.40. The topological polar surface area (TPSA) is 71.1 Å². The van der Waals surface area contributed by atoms with E-state index in [1.54, 1.807) is 18.2 Å². The smallest absolute Gasteiger partial charge is 0.274 e. The van der Waals surface area contributed by atoms with Gasteiger partial charge in [0.1, 0.15) is 11.4 Å². The van der Waals surface area contributed by atoms with Gasteiger partial charge in [-0.3, -0.25) is 9.59 Å². The van der Waals surface area contributed by atoms with Crippen LogP contribution in [-0.2, 0) is 6.54 Å². The molecule has 2 N–H and O–H groups in total. The van der Waals surface area contributed by atoms with Crippen molar-refractivity contribution in [3.05, 3.63) is 94.8 Å². The van der Waals surface area contributed by atoms with Gasteiger partial charge < -0.3 is 10.6 Å². The lowest BCUT2D eigenvalue weighted by Gasteiger charge is -2.08. The molecular weight excluding hydrogens is 338 g/mol. The van der Waals surface area contributed by atoms with Crippen molar-refractivity contribution in [1.29, 1.82) is 0 Å². The van der Waals surface area contributed by atoms with Crippen LogP contribution in [0.4, 0.5) is 5.69 Å². The number of benzene rings is 2. The summed E-state index contributed by atoms with van der Waals surface area (Å²) in [6, 6.07) is 20.3. The number of rotatable bonds is 5. The van der Waals surface area contributed by atoms with E-state index in [2.05, 4.69) is 15.6 Å². The SMILES string of the molecule is Cc1ccc(CNC(=O)c2cccc(C(=O)Nc3cccc(C)c3)n2)cc1. The van der Waals surface area contributed by atoms with Gasteiger partial charge in [-0.25, -0.2) is 4.98 Å². The number of nitrogens with zero attached hydrogens (tertiary/aromatic N) is 1. The van der Waals surface area contributed by atoms with Crippen LogP contribution in [0.25, 0.3) is 0 Å². The largest absolute Gasteiger partial charge is 0.347 e. The van der Waals surface area contributed by atoms with Crippen molar-refractivity contribution in [2.24, 2.45) is 0 Å². The monoisotopic (exact) mass is 359 g/mol. The zero-order valence-corrected chi connectivity index (χ0v) is 15.3. The lowest BCUT2D eigenvalue weighted by atomic mass is 10.1. The molecule has 3 rings (SSSR count). The van der Waals surface area contributed by atoms with Crippen molar-refractivity contribution in [1.82, 2.24) is 10.3 Å². The molecule has 27 heavy (non-hydrogen) atoms. The van der Waals surface area contributed by atoms with Gasteiger partial charge in [0, 0.05) is 12.2 Å². The Kier molecular flexibility index (Phi) is 5.61. The molecule has 5 nitrogen and oxygen atoms in total. The summed E-state index contributed by atoms with van der Waals surface area (Å²) in [7, 11) is 0. The molecule has 0 bridgehead atoms. The average molecular weight is 359 g/mol. The van der Waals surface area contributed by atoms with Gasteiger partial charge in [-0.05, 0) is 49.2 Å². The first kappa shape index (κ1) is 18.3. The molecular formula is C22H21N3O2. The molecule has 5 heteroatoms. The van der Waals surface area contributed by atoms with Crippen LogP contribution in [0.5, 0.6) is 0 Å². The fraction of sp³-hybridized carbons (Fsp3) is 0.136. The molecule has 0 aliphatic rings. The first-order chi connectivity index (χ1) is 13.0. The van der Waals surface area contributed by atoms with Gasteiger partial charge >= 0.3 is 0 Å². The van der Waals surface area contributed by atoms with E-state index >= 15 is 0 Å². The highest BCUT2D eigenvalue weighted by atomic mass is 16.2. The van der Waals surface area contributed by atoms with Crippen molar-refractivity contribution in [2.75, 3.05) is 5.32 Å². The number of amides is 2. The maximum absolute atomic E-state index is 12.4. The van der Waals surface area contributed by atoms with E-state index in [4.69, 9.17) is 0 Å². The van der Waals surface area contributed by atoms with E-state index in [1.807, 2.05) is 62.4 Å². The van der Waals surface area contributed by atoms with E-state index in [1.165, 1.54) is 5.56 Å².